The molecule has 0 aromatic carbocycles. The molecule has 130 valence electrons. The number of fused-ring (bicyclic) bond motifs is 2. The van der Waals surface area contributed by atoms with Gasteiger partial charge in [-0.3, -0.25) is 0 Å². The molecule has 4 heteroatoms. The van der Waals surface area contributed by atoms with Gasteiger partial charge < -0.3 is 14.3 Å². The number of furan rings is 1. The van der Waals surface area contributed by atoms with Crippen LogP contribution in [0.2, 0.25) is 0 Å². The van der Waals surface area contributed by atoms with E-state index in [9.17, 15) is 9.90 Å². The lowest BCUT2D eigenvalue weighted by atomic mass is 9.58. The van der Waals surface area contributed by atoms with Gasteiger partial charge in [0.25, 0.3) is 0 Å². The van der Waals surface area contributed by atoms with Gasteiger partial charge in [0.2, 0.25) is 0 Å². The molecule has 3 rings (SSSR count). The predicted octanol–water partition coefficient (Wildman–Crippen LogP) is 4.03. The Balaban J connectivity index is 2.13. The normalized spacial score (nSPS) is 32.7. The van der Waals surface area contributed by atoms with Gasteiger partial charge in [0.05, 0.1) is 12.4 Å². The Morgan fingerprint density at radius 2 is 2.21 bits per heavy atom. The predicted molar refractivity (Wildman–Crippen MR) is 91.4 cm³/mol. The molecule has 4 nitrogen and oxygen atoms in total. The lowest BCUT2D eigenvalue weighted by Gasteiger charge is -2.50. The Kier molecular flexibility index (Phi) is 4.20. The molecule has 0 aliphatic heterocycles. The molecule has 0 fully saturated rings. The number of hydrogen-bond donors (Lipinski definition) is 1. The van der Waals surface area contributed by atoms with Crippen molar-refractivity contribution in [3.63, 3.8) is 0 Å². The van der Waals surface area contributed by atoms with Crippen molar-refractivity contribution in [1.29, 1.82) is 0 Å². The van der Waals surface area contributed by atoms with Crippen LogP contribution in [0.3, 0.4) is 0 Å². The standard InChI is InChI=1S/C20H26O4/c1-6-11(2)19(22)24-18-17-12(3)10-23-16(17)9-14-7-8-15(21)13(4)20(14,18)5/h6-7,10,13,15,18,21H,8-9H2,1-5H3/t13-,15-,18+,20+/m0/s1. The van der Waals surface area contributed by atoms with E-state index in [1.165, 1.54) is 5.57 Å². The molecule has 1 N–H and O–H groups in total. The zero-order chi connectivity index (χ0) is 17.6. The fourth-order valence-corrected chi connectivity index (χ4v) is 4.02. The average Bonchev–Trinajstić information content (AvgIpc) is 2.93. The maximum Gasteiger partial charge on any atom is 0.334 e. The number of carbonyl (C=O) groups excluding carboxylic acids is 1. The van der Waals surface area contributed by atoms with Crippen molar-refractivity contribution in [2.24, 2.45) is 11.3 Å². The van der Waals surface area contributed by atoms with Gasteiger partial charge in [-0.05, 0) is 38.7 Å². The van der Waals surface area contributed by atoms with Crippen molar-refractivity contribution in [3.05, 3.63) is 46.4 Å². The Morgan fingerprint density at radius 1 is 1.50 bits per heavy atom. The summed E-state index contributed by atoms with van der Waals surface area (Å²) in [7, 11) is 0. The Bertz CT molecular complexity index is 724. The van der Waals surface area contributed by atoms with E-state index in [0.717, 1.165) is 16.9 Å². The van der Waals surface area contributed by atoms with Crippen LogP contribution in [0.1, 0.15) is 57.1 Å². The van der Waals surface area contributed by atoms with E-state index in [1.807, 2.05) is 20.8 Å². The van der Waals surface area contributed by atoms with E-state index in [2.05, 4.69) is 13.0 Å². The van der Waals surface area contributed by atoms with Crippen LogP contribution in [0.25, 0.3) is 0 Å². The second-order valence-electron chi connectivity index (χ2n) is 7.29. The topological polar surface area (TPSA) is 59.7 Å². The second kappa shape index (κ2) is 5.92. The summed E-state index contributed by atoms with van der Waals surface area (Å²) < 4.78 is 11.7. The SMILES string of the molecule is CC=C(C)C(=O)O[C@@H]1c2c(C)coc2CC2=CC[C@H](O)[C@H](C)[C@]21C. The maximum atomic E-state index is 12.5. The van der Waals surface area contributed by atoms with Gasteiger partial charge in [0.1, 0.15) is 11.9 Å². The van der Waals surface area contributed by atoms with Crippen LogP contribution >= 0.6 is 0 Å². The van der Waals surface area contributed by atoms with Crippen LogP contribution in [0.4, 0.5) is 0 Å². The fraction of sp³-hybridized carbons (Fsp3) is 0.550. The van der Waals surface area contributed by atoms with Crippen LogP contribution in [0.15, 0.2) is 34.0 Å². The number of esters is 1. The monoisotopic (exact) mass is 330 g/mol. The van der Waals surface area contributed by atoms with Crippen molar-refractivity contribution in [3.8, 4) is 0 Å². The molecule has 0 unspecified atom stereocenters. The van der Waals surface area contributed by atoms with E-state index in [0.29, 0.717) is 18.4 Å². The van der Waals surface area contributed by atoms with Gasteiger partial charge in [-0.25, -0.2) is 4.79 Å². The van der Waals surface area contributed by atoms with Crippen LogP contribution in [-0.2, 0) is 16.0 Å². The van der Waals surface area contributed by atoms with E-state index in [1.54, 1.807) is 19.3 Å². The number of hydrogen-bond acceptors (Lipinski definition) is 4. The molecule has 0 saturated heterocycles. The van der Waals surface area contributed by atoms with E-state index in [-0.39, 0.29) is 11.9 Å². The number of rotatable bonds is 2. The number of aryl methyl sites for hydroxylation is 1. The Hall–Kier alpha value is -1.81. The van der Waals surface area contributed by atoms with E-state index in [4.69, 9.17) is 9.15 Å². The van der Waals surface area contributed by atoms with Crippen LogP contribution in [-0.4, -0.2) is 17.2 Å². The van der Waals surface area contributed by atoms with Gasteiger partial charge in [0.15, 0.2) is 0 Å². The first-order valence-corrected chi connectivity index (χ1v) is 8.59. The summed E-state index contributed by atoms with van der Waals surface area (Å²) in [5.74, 6) is 0.545. The molecule has 2 aliphatic carbocycles. The fourth-order valence-electron chi connectivity index (χ4n) is 4.02. The molecule has 1 aromatic heterocycles. The van der Waals surface area contributed by atoms with E-state index >= 15 is 0 Å². The van der Waals surface area contributed by atoms with Gasteiger partial charge in [-0.1, -0.05) is 31.6 Å². The van der Waals surface area contributed by atoms with Crippen molar-refractivity contribution in [2.75, 3.05) is 0 Å². The minimum atomic E-state index is -0.446. The summed E-state index contributed by atoms with van der Waals surface area (Å²) in [6.07, 6.45) is 6.05. The third-order valence-electron chi connectivity index (χ3n) is 6.06. The molecule has 0 radical (unpaired) electrons. The van der Waals surface area contributed by atoms with Crippen LogP contribution < -0.4 is 0 Å². The molecule has 4 atom stereocenters. The van der Waals surface area contributed by atoms with Crippen LogP contribution in [0.5, 0.6) is 0 Å². The number of ether oxygens (including phenoxy) is 1. The third kappa shape index (κ3) is 2.35. The first kappa shape index (κ1) is 17.0. The largest absolute Gasteiger partial charge is 0.468 e. The minimum absolute atomic E-state index is 0.0105. The molecule has 1 heterocycles. The highest BCUT2D eigenvalue weighted by Crippen LogP contribution is 2.57. The second-order valence-corrected chi connectivity index (χ2v) is 7.29. The molecule has 24 heavy (non-hydrogen) atoms. The number of carbonyl (C=O) groups is 1. The molecule has 0 amide bonds. The highest BCUT2D eigenvalue weighted by molar-refractivity contribution is 5.88. The molecule has 0 saturated carbocycles. The molecule has 0 bridgehead atoms. The van der Waals surface area contributed by atoms with Crippen molar-refractivity contribution in [1.82, 2.24) is 0 Å². The Labute approximate surface area is 143 Å². The van der Waals surface area contributed by atoms with Gasteiger partial charge >= 0.3 is 5.97 Å². The highest BCUT2D eigenvalue weighted by Gasteiger charge is 2.53. The molecule has 2 aliphatic rings. The first-order chi connectivity index (χ1) is 11.3. The van der Waals surface area contributed by atoms with Crippen molar-refractivity contribution < 1.29 is 19.1 Å². The van der Waals surface area contributed by atoms with E-state index < -0.39 is 17.6 Å². The minimum Gasteiger partial charge on any atom is -0.468 e. The number of aliphatic hydroxyl groups is 1. The average molecular weight is 330 g/mol. The summed E-state index contributed by atoms with van der Waals surface area (Å²) >= 11 is 0. The zero-order valence-electron chi connectivity index (χ0n) is 15.1. The summed E-state index contributed by atoms with van der Waals surface area (Å²) in [6.45, 7) is 9.71. The molecule has 0 spiro atoms. The molecule has 1 aromatic rings. The maximum absolute atomic E-state index is 12.5. The third-order valence-corrected chi connectivity index (χ3v) is 6.06. The van der Waals surface area contributed by atoms with Crippen molar-refractivity contribution in [2.45, 2.75) is 59.7 Å². The van der Waals surface area contributed by atoms with Gasteiger partial charge in [-0.2, -0.15) is 0 Å². The number of aliphatic hydroxyl groups excluding tert-OH is 1. The molecular formula is C20H26O4. The summed E-state index contributed by atoms with van der Waals surface area (Å²) in [4.78, 5) is 12.5. The lowest BCUT2D eigenvalue weighted by molar-refractivity contribution is -0.156. The summed E-state index contributed by atoms with van der Waals surface area (Å²) in [5, 5.41) is 10.4. The Morgan fingerprint density at radius 3 is 2.88 bits per heavy atom. The zero-order valence-corrected chi connectivity index (χ0v) is 15.1. The quantitative estimate of drug-likeness (QED) is 0.505. The lowest BCUT2D eigenvalue weighted by Crippen LogP contribution is -2.47. The highest BCUT2D eigenvalue weighted by atomic mass is 16.5. The summed E-state index contributed by atoms with van der Waals surface area (Å²) in [5.41, 5.74) is 3.31. The van der Waals surface area contributed by atoms with Crippen LogP contribution in [0, 0.1) is 18.3 Å². The van der Waals surface area contributed by atoms with Gasteiger partial charge in [-0.15, -0.1) is 0 Å². The smallest absolute Gasteiger partial charge is 0.334 e. The summed E-state index contributed by atoms with van der Waals surface area (Å²) in [6, 6.07) is 0. The first-order valence-electron chi connectivity index (χ1n) is 8.59. The number of allylic oxidation sites excluding steroid dienone is 1. The van der Waals surface area contributed by atoms with Gasteiger partial charge in [0, 0.05) is 23.0 Å². The van der Waals surface area contributed by atoms with Crippen molar-refractivity contribution >= 4 is 5.97 Å². The molecular weight excluding hydrogens is 304 g/mol.